The molecule has 0 radical (unpaired) electrons. The van der Waals surface area contributed by atoms with Crippen LogP contribution in [0.5, 0.6) is 0 Å². The molecule has 0 aliphatic carbocycles. The molecule has 0 spiro atoms. The number of amides is 1. The number of carbonyl (C=O) groups is 1. The van der Waals surface area contributed by atoms with Crippen LogP contribution >= 0.6 is 24.8 Å². The van der Waals surface area contributed by atoms with E-state index in [4.69, 9.17) is 4.74 Å². The van der Waals surface area contributed by atoms with Gasteiger partial charge in [0.2, 0.25) is 0 Å². The first-order chi connectivity index (χ1) is 11.8. The van der Waals surface area contributed by atoms with E-state index in [9.17, 15) is 4.79 Å². The van der Waals surface area contributed by atoms with Crippen molar-refractivity contribution in [1.82, 2.24) is 15.5 Å². The smallest absolute Gasteiger partial charge is 0.250 e. The lowest BCUT2D eigenvalue weighted by Crippen LogP contribution is -2.54. The number of halogens is 2. The minimum Gasteiger partial charge on any atom is -0.366 e. The first-order valence-electron chi connectivity index (χ1n) is 9.22. The van der Waals surface area contributed by atoms with Crippen molar-refractivity contribution < 1.29 is 9.53 Å². The van der Waals surface area contributed by atoms with Gasteiger partial charge < -0.3 is 15.4 Å². The Balaban J connectivity index is 0.00000121. The molecule has 1 amide bonds. The number of fused-ring (bicyclic) bond motifs is 2. The lowest BCUT2D eigenvalue weighted by molar-refractivity contribution is -0.135. The summed E-state index contributed by atoms with van der Waals surface area (Å²) >= 11 is 0. The van der Waals surface area contributed by atoms with E-state index in [2.05, 4.69) is 45.9 Å². The lowest BCUT2D eigenvalue weighted by atomic mass is 9.96. The maximum Gasteiger partial charge on any atom is 0.250 e. The Labute approximate surface area is 168 Å². The van der Waals surface area contributed by atoms with Gasteiger partial charge in [0, 0.05) is 37.8 Å². The Morgan fingerprint density at radius 1 is 1.15 bits per heavy atom. The number of hydrogen-bond acceptors (Lipinski definition) is 4. The van der Waals surface area contributed by atoms with Crippen molar-refractivity contribution in [3.8, 4) is 0 Å². The van der Waals surface area contributed by atoms with Crippen LogP contribution in [0.25, 0.3) is 0 Å². The molecule has 3 aliphatic rings. The number of carbonyl (C=O) groups excluding carboxylic acids is 1. The van der Waals surface area contributed by atoms with Crippen molar-refractivity contribution in [2.75, 3.05) is 19.7 Å². The Morgan fingerprint density at radius 3 is 2.46 bits per heavy atom. The van der Waals surface area contributed by atoms with E-state index in [0.717, 1.165) is 25.9 Å². The number of nitrogens with one attached hydrogen (secondary N) is 2. The van der Waals surface area contributed by atoms with Gasteiger partial charge >= 0.3 is 0 Å². The average Bonchev–Trinajstić information content (AvgIpc) is 2.86. The van der Waals surface area contributed by atoms with Gasteiger partial charge in [-0.1, -0.05) is 30.3 Å². The van der Waals surface area contributed by atoms with E-state index < -0.39 is 0 Å². The van der Waals surface area contributed by atoms with Gasteiger partial charge in [-0.2, -0.15) is 0 Å². The third kappa shape index (κ3) is 4.90. The van der Waals surface area contributed by atoms with Gasteiger partial charge in [-0.15, -0.1) is 24.8 Å². The average molecular weight is 402 g/mol. The monoisotopic (exact) mass is 401 g/mol. The van der Waals surface area contributed by atoms with Crippen LogP contribution < -0.4 is 10.6 Å². The quantitative estimate of drug-likeness (QED) is 0.811. The molecule has 3 fully saturated rings. The highest BCUT2D eigenvalue weighted by molar-refractivity contribution is 5.85. The third-order valence-electron chi connectivity index (χ3n) is 5.66. The Hall–Kier alpha value is -0.850. The van der Waals surface area contributed by atoms with Crippen molar-refractivity contribution in [3.63, 3.8) is 0 Å². The topological polar surface area (TPSA) is 53.6 Å². The molecule has 7 heteroatoms. The molecular formula is C19H29Cl2N3O2. The minimum atomic E-state index is -0.321. The maximum atomic E-state index is 12.4. The summed E-state index contributed by atoms with van der Waals surface area (Å²) in [6, 6.07) is 12.2. The summed E-state index contributed by atoms with van der Waals surface area (Å²) in [7, 11) is 0. The van der Waals surface area contributed by atoms with Crippen LogP contribution in [0.3, 0.4) is 0 Å². The van der Waals surface area contributed by atoms with Crippen LogP contribution in [0.1, 0.15) is 31.2 Å². The van der Waals surface area contributed by atoms with Crippen LogP contribution in [0, 0.1) is 0 Å². The standard InChI is InChI=1S/C19H27N3O2.2ClH/c23-19(18-12-20-8-9-24-18)21-15-10-16-6-7-17(11-15)22(16)13-14-4-2-1-3-5-14;;/h1-5,15-18,20H,6-13H2,(H,21,23);2*1H. The zero-order valence-corrected chi connectivity index (χ0v) is 16.6. The van der Waals surface area contributed by atoms with E-state index >= 15 is 0 Å². The van der Waals surface area contributed by atoms with Crippen LogP contribution in [0.4, 0.5) is 0 Å². The van der Waals surface area contributed by atoms with Crippen molar-refractivity contribution in [2.24, 2.45) is 0 Å². The molecule has 3 aliphatic heterocycles. The van der Waals surface area contributed by atoms with Crippen LogP contribution in [-0.2, 0) is 16.1 Å². The zero-order chi connectivity index (χ0) is 16.4. The molecule has 4 rings (SSSR count). The van der Waals surface area contributed by atoms with Gasteiger partial charge in [0.1, 0.15) is 6.10 Å². The van der Waals surface area contributed by atoms with Gasteiger partial charge in [0.15, 0.2) is 0 Å². The number of rotatable bonds is 4. The first-order valence-corrected chi connectivity index (χ1v) is 9.22. The molecule has 2 N–H and O–H groups in total. The van der Waals surface area contributed by atoms with Crippen molar-refractivity contribution >= 4 is 30.7 Å². The Bertz CT molecular complexity index is 555. The summed E-state index contributed by atoms with van der Waals surface area (Å²) in [5.41, 5.74) is 1.39. The second kappa shape index (κ2) is 9.90. The normalized spacial score (nSPS) is 30.8. The van der Waals surface area contributed by atoms with Gasteiger partial charge in [-0.3, -0.25) is 9.69 Å². The summed E-state index contributed by atoms with van der Waals surface area (Å²) in [5.74, 6) is 0.0584. The second-order valence-electron chi connectivity index (χ2n) is 7.28. The van der Waals surface area contributed by atoms with E-state index in [1.807, 2.05) is 0 Å². The van der Waals surface area contributed by atoms with Crippen molar-refractivity contribution in [2.45, 2.75) is 56.5 Å². The lowest BCUT2D eigenvalue weighted by Gasteiger charge is -2.39. The summed E-state index contributed by atoms with van der Waals surface area (Å²) in [4.78, 5) is 15.0. The second-order valence-corrected chi connectivity index (χ2v) is 7.28. The molecule has 1 aromatic carbocycles. The summed E-state index contributed by atoms with van der Waals surface area (Å²) in [6.07, 6.45) is 4.32. The fourth-order valence-corrected chi connectivity index (χ4v) is 4.47. The predicted molar refractivity (Wildman–Crippen MR) is 107 cm³/mol. The van der Waals surface area contributed by atoms with E-state index in [1.165, 1.54) is 18.4 Å². The third-order valence-corrected chi connectivity index (χ3v) is 5.66. The van der Waals surface area contributed by atoms with Crippen LogP contribution in [0.2, 0.25) is 0 Å². The van der Waals surface area contributed by atoms with Crippen LogP contribution in [0.15, 0.2) is 30.3 Å². The van der Waals surface area contributed by atoms with Crippen molar-refractivity contribution in [1.29, 1.82) is 0 Å². The number of benzene rings is 1. The number of ether oxygens (including phenoxy) is 1. The van der Waals surface area contributed by atoms with Gasteiger partial charge in [-0.05, 0) is 31.2 Å². The van der Waals surface area contributed by atoms with Gasteiger partial charge in [0.05, 0.1) is 6.61 Å². The number of hydrogen-bond donors (Lipinski definition) is 2. The fraction of sp³-hybridized carbons (Fsp3) is 0.632. The minimum absolute atomic E-state index is 0. The molecule has 26 heavy (non-hydrogen) atoms. The molecule has 2 bridgehead atoms. The summed E-state index contributed by atoms with van der Waals surface area (Å²) in [5, 5.41) is 6.47. The zero-order valence-electron chi connectivity index (χ0n) is 14.9. The van der Waals surface area contributed by atoms with E-state index in [-0.39, 0.29) is 36.8 Å². The Morgan fingerprint density at radius 2 is 1.85 bits per heavy atom. The molecule has 3 unspecified atom stereocenters. The molecule has 3 saturated heterocycles. The molecule has 3 heterocycles. The highest BCUT2D eigenvalue weighted by Gasteiger charge is 2.41. The summed E-state index contributed by atoms with van der Waals surface area (Å²) < 4.78 is 5.57. The Kier molecular flexibility index (Phi) is 8.17. The van der Waals surface area contributed by atoms with Gasteiger partial charge in [-0.25, -0.2) is 0 Å². The van der Waals surface area contributed by atoms with Gasteiger partial charge in [0.25, 0.3) is 5.91 Å². The molecular weight excluding hydrogens is 373 g/mol. The molecule has 1 aromatic rings. The van der Waals surface area contributed by atoms with Crippen LogP contribution in [-0.4, -0.2) is 54.7 Å². The maximum absolute atomic E-state index is 12.4. The highest BCUT2D eigenvalue weighted by atomic mass is 35.5. The fourth-order valence-electron chi connectivity index (χ4n) is 4.47. The molecule has 146 valence electrons. The molecule has 0 saturated carbocycles. The molecule has 3 atom stereocenters. The van der Waals surface area contributed by atoms with E-state index in [1.54, 1.807) is 0 Å². The summed E-state index contributed by atoms with van der Waals surface area (Å²) in [6.45, 7) is 3.13. The molecule has 0 aromatic heterocycles. The predicted octanol–water partition coefficient (Wildman–Crippen LogP) is 2.13. The number of piperidine rings is 1. The SMILES string of the molecule is Cl.Cl.O=C(NC1CC2CCC(C1)N2Cc1ccccc1)C1CNCCO1. The van der Waals surface area contributed by atoms with Crippen molar-refractivity contribution in [3.05, 3.63) is 35.9 Å². The first kappa shape index (κ1) is 21.5. The molecule has 5 nitrogen and oxygen atoms in total. The largest absolute Gasteiger partial charge is 0.366 e. The number of morpholine rings is 1. The highest BCUT2D eigenvalue weighted by Crippen LogP contribution is 2.36. The van der Waals surface area contributed by atoms with E-state index in [0.29, 0.717) is 31.3 Å². The number of nitrogens with zero attached hydrogens (tertiary/aromatic N) is 1.